The van der Waals surface area contributed by atoms with Gasteiger partial charge in [0.25, 0.3) is 0 Å². The highest BCUT2D eigenvalue weighted by molar-refractivity contribution is 9.10. The van der Waals surface area contributed by atoms with E-state index >= 15 is 0 Å². The number of ether oxygens (including phenoxy) is 1. The van der Waals surface area contributed by atoms with Crippen LogP contribution in [0.4, 0.5) is 0 Å². The summed E-state index contributed by atoms with van der Waals surface area (Å²) in [5.41, 5.74) is 7.76. The van der Waals surface area contributed by atoms with E-state index in [1.54, 1.807) is 0 Å². The van der Waals surface area contributed by atoms with Crippen molar-refractivity contribution in [2.24, 2.45) is 11.1 Å². The van der Waals surface area contributed by atoms with Crippen LogP contribution in [0, 0.1) is 5.41 Å². The normalized spacial score (nSPS) is 17.7. The van der Waals surface area contributed by atoms with Crippen molar-refractivity contribution in [2.45, 2.75) is 58.3 Å². The standard InChI is InChI=1S/C18H28BrNO/c1-2-21-17-7-6-15(14-16(17)19)8-11-18(12-13-20)9-4-3-5-10-18/h6-7,14H,2-5,8-13,20H2,1H3. The molecule has 2 N–H and O–H groups in total. The lowest BCUT2D eigenvalue weighted by atomic mass is 9.68. The number of nitrogens with two attached hydrogens (primary N) is 1. The maximum absolute atomic E-state index is 5.87. The third kappa shape index (κ3) is 4.72. The molecule has 0 aliphatic heterocycles. The fourth-order valence-electron chi connectivity index (χ4n) is 3.61. The zero-order chi connectivity index (χ0) is 15.1. The van der Waals surface area contributed by atoms with E-state index in [0.717, 1.165) is 23.2 Å². The summed E-state index contributed by atoms with van der Waals surface area (Å²) in [5, 5.41) is 0. The number of hydrogen-bond acceptors (Lipinski definition) is 2. The van der Waals surface area contributed by atoms with Gasteiger partial charge in [0.1, 0.15) is 5.75 Å². The summed E-state index contributed by atoms with van der Waals surface area (Å²) in [7, 11) is 0. The van der Waals surface area contributed by atoms with Crippen molar-refractivity contribution in [3.63, 3.8) is 0 Å². The largest absolute Gasteiger partial charge is 0.493 e. The van der Waals surface area contributed by atoms with Crippen molar-refractivity contribution >= 4 is 15.9 Å². The van der Waals surface area contributed by atoms with E-state index in [2.05, 4.69) is 34.1 Å². The van der Waals surface area contributed by atoms with Crippen LogP contribution in [0.1, 0.15) is 57.4 Å². The van der Waals surface area contributed by atoms with Gasteiger partial charge in [0.2, 0.25) is 0 Å². The third-order valence-electron chi connectivity index (χ3n) is 4.83. The molecule has 2 rings (SSSR count). The lowest BCUT2D eigenvalue weighted by Gasteiger charge is -2.37. The first-order valence-corrected chi connectivity index (χ1v) is 9.10. The Morgan fingerprint density at radius 3 is 2.57 bits per heavy atom. The van der Waals surface area contributed by atoms with Gasteiger partial charge in [0, 0.05) is 0 Å². The molecule has 0 aromatic heterocycles. The maximum Gasteiger partial charge on any atom is 0.133 e. The molecule has 0 heterocycles. The second kappa shape index (κ2) is 8.19. The molecule has 1 fully saturated rings. The highest BCUT2D eigenvalue weighted by Gasteiger charge is 2.30. The Morgan fingerprint density at radius 2 is 1.95 bits per heavy atom. The number of benzene rings is 1. The van der Waals surface area contributed by atoms with Crippen LogP contribution in [0.2, 0.25) is 0 Å². The predicted molar refractivity (Wildman–Crippen MR) is 92.8 cm³/mol. The summed E-state index contributed by atoms with van der Waals surface area (Å²) in [4.78, 5) is 0. The maximum atomic E-state index is 5.87. The Bertz CT molecular complexity index is 435. The van der Waals surface area contributed by atoms with Crippen LogP contribution in [0.5, 0.6) is 5.75 Å². The van der Waals surface area contributed by atoms with E-state index < -0.39 is 0 Å². The Kier molecular flexibility index (Phi) is 6.56. The first-order chi connectivity index (χ1) is 10.2. The molecule has 1 aliphatic carbocycles. The Hall–Kier alpha value is -0.540. The summed E-state index contributed by atoms with van der Waals surface area (Å²) in [5.74, 6) is 0.940. The molecule has 0 atom stereocenters. The van der Waals surface area contributed by atoms with Gasteiger partial charge in [-0.2, -0.15) is 0 Å². The summed E-state index contributed by atoms with van der Waals surface area (Å²) in [6, 6.07) is 6.50. The van der Waals surface area contributed by atoms with Crippen LogP contribution >= 0.6 is 15.9 Å². The molecule has 2 nitrogen and oxygen atoms in total. The fraction of sp³-hybridized carbons (Fsp3) is 0.667. The Labute approximate surface area is 137 Å². The summed E-state index contributed by atoms with van der Waals surface area (Å²) in [6.45, 7) is 3.55. The lowest BCUT2D eigenvalue weighted by Crippen LogP contribution is -2.28. The number of hydrogen-bond donors (Lipinski definition) is 1. The van der Waals surface area contributed by atoms with Crippen LogP contribution in [-0.2, 0) is 6.42 Å². The molecule has 1 aromatic rings. The van der Waals surface area contributed by atoms with Crippen LogP contribution < -0.4 is 10.5 Å². The summed E-state index contributed by atoms with van der Waals surface area (Å²) < 4.78 is 6.65. The van der Waals surface area contributed by atoms with Gasteiger partial charge < -0.3 is 10.5 Å². The lowest BCUT2D eigenvalue weighted by molar-refractivity contribution is 0.161. The molecule has 0 unspecified atom stereocenters. The quantitative estimate of drug-likeness (QED) is 0.741. The molecule has 3 heteroatoms. The highest BCUT2D eigenvalue weighted by atomic mass is 79.9. The summed E-state index contributed by atoms with van der Waals surface area (Å²) in [6.07, 6.45) is 10.5. The van der Waals surface area contributed by atoms with E-state index in [9.17, 15) is 0 Å². The molecular weight excluding hydrogens is 326 g/mol. The molecule has 21 heavy (non-hydrogen) atoms. The van der Waals surface area contributed by atoms with Crippen molar-refractivity contribution in [2.75, 3.05) is 13.2 Å². The van der Waals surface area contributed by atoms with Gasteiger partial charge in [-0.3, -0.25) is 0 Å². The Balaban J connectivity index is 1.98. The molecule has 1 saturated carbocycles. The van der Waals surface area contributed by atoms with Gasteiger partial charge in [-0.1, -0.05) is 25.3 Å². The first kappa shape index (κ1) is 16.8. The van der Waals surface area contributed by atoms with Gasteiger partial charge in [-0.05, 0) is 84.6 Å². The molecule has 0 spiro atoms. The van der Waals surface area contributed by atoms with Gasteiger partial charge in [-0.15, -0.1) is 0 Å². The minimum Gasteiger partial charge on any atom is -0.493 e. The van der Waals surface area contributed by atoms with Gasteiger partial charge >= 0.3 is 0 Å². The topological polar surface area (TPSA) is 35.2 Å². The monoisotopic (exact) mass is 353 g/mol. The van der Waals surface area contributed by atoms with E-state index in [0.29, 0.717) is 12.0 Å². The van der Waals surface area contributed by atoms with Crippen LogP contribution in [-0.4, -0.2) is 13.2 Å². The molecule has 1 aliphatic rings. The molecule has 0 radical (unpaired) electrons. The van der Waals surface area contributed by atoms with E-state index in [1.807, 2.05) is 6.92 Å². The minimum atomic E-state index is 0.498. The predicted octanol–water partition coefficient (Wildman–Crippen LogP) is 5.08. The highest BCUT2D eigenvalue weighted by Crippen LogP contribution is 2.43. The molecule has 1 aromatic carbocycles. The van der Waals surface area contributed by atoms with Crippen LogP contribution in [0.25, 0.3) is 0 Å². The molecule has 118 valence electrons. The average molecular weight is 354 g/mol. The summed E-state index contributed by atoms with van der Waals surface area (Å²) >= 11 is 3.61. The number of aryl methyl sites for hydroxylation is 1. The second-order valence-corrected chi connectivity index (χ2v) is 7.15. The number of rotatable bonds is 7. The zero-order valence-electron chi connectivity index (χ0n) is 13.2. The molecular formula is C18H28BrNO. The van der Waals surface area contributed by atoms with Crippen LogP contribution in [0.3, 0.4) is 0 Å². The van der Waals surface area contributed by atoms with E-state index in [4.69, 9.17) is 10.5 Å². The van der Waals surface area contributed by atoms with E-state index in [1.165, 1.54) is 50.5 Å². The Morgan fingerprint density at radius 1 is 1.19 bits per heavy atom. The molecule has 0 bridgehead atoms. The van der Waals surface area contributed by atoms with Crippen molar-refractivity contribution < 1.29 is 4.74 Å². The smallest absolute Gasteiger partial charge is 0.133 e. The van der Waals surface area contributed by atoms with Crippen LogP contribution in [0.15, 0.2) is 22.7 Å². The van der Waals surface area contributed by atoms with Gasteiger partial charge in [-0.25, -0.2) is 0 Å². The third-order valence-corrected chi connectivity index (χ3v) is 5.45. The zero-order valence-corrected chi connectivity index (χ0v) is 14.8. The first-order valence-electron chi connectivity index (χ1n) is 8.30. The van der Waals surface area contributed by atoms with Crippen molar-refractivity contribution in [1.29, 1.82) is 0 Å². The minimum absolute atomic E-state index is 0.498. The van der Waals surface area contributed by atoms with E-state index in [-0.39, 0.29) is 0 Å². The number of halogens is 1. The fourth-order valence-corrected chi connectivity index (χ4v) is 4.16. The van der Waals surface area contributed by atoms with Crippen molar-refractivity contribution in [3.05, 3.63) is 28.2 Å². The second-order valence-electron chi connectivity index (χ2n) is 6.30. The van der Waals surface area contributed by atoms with Crippen molar-refractivity contribution in [1.82, 2.24) is 0 Å². The van der Waals surface area contributed by atoms with Gasteiger partial charge in [0.05, 0.1) is 11.1 Å². The average Bonchev–Trinajstić information content (AvgIpc) is 2.49. The molecule has 0 amide bonds. The molecule has 0 saturated heterocycles. The SMILES string of the molecule is CCOc1ccc(CCC2(CCN)CCCCC2)cc1Br. The van der Waals surface area contributed by atoms with Gasteiger partial charge in [0.15, 0.2) is 0 Å². The van der Waals surface area contributed by atoms with Crippen molar-refractivity contribution in [3.8, 4) is 5.75 Å².